The van der Waals surface area contributed by atoms with Crippen LogP contribution in [0.1, 0.15) is 22.5 Å². The zero-order valence-corrected chi connectivity index (χ0v) is 14.0. The fraction of sp³-hybridized carbons (Fsp3) is 0.167. The van der Waals surface area contributed by atoms with Crippen molar-refractivity contribution >= 4 is 18.0 Å². The van der Waals surface area contributed by atoms with Gasteiger partial charge in [0, 0.05) is 6.42 Å². The normalized spacial score (nSPS) is 11.2. The van der Waals surface area contributed by atoms with Gasteiger partial charge in [-0.25, -0.2) is 0 Å². The lowest BCUT2D eigenvalue weighted by atomic mass is 10.1. The Balaban J connectivity index is 1.89. The Labute approximate surface area is 140 Å². The first kappa shape index (κ1) is 15.5. The largest absolute Gasteiger partial charge is 0.211 e. The third kappa shape index (κ3) is 3.87. The average Bonchev–Trinajstić information content (AvgIpc) is 2.96. The van der Waals surface area contributed by atoms with Gasteiger partial charge in [0.25, 0.3) is 0 Å². The van der Waals surface area contributed by atoms with Gasteiger partial charge in [0.15, 0.2) is 5.82 Å². The Bertz CT molecular complexity index is 809. The van der Waals surface area contributed by atoms with E-state index in [0.29, 0.717) is 6.42 Å². The van der Waals surface area contributed by atoms with E-state index < -0.39 is 0 Å². The fourth-order valence-electron chi connectivity index (χ4n) is 2.30. The van der Waals surface area contributed by atoms with Gasteiger partial charge in [0.1, 0.15) is 0 Å². The number of rotatable bonds is 5. The van der Waals surface area contributed by atoms with E-state index in [-0.39, 0.29) is 0 Å². The number of aryl methyl sites for hydroxylation is 1. The molecule has 0 saturated carbocycles. The lowest BCUT2D eigenvalue weighted by Gasteiger charge is -2.03. The summed E-state index contributed by atoms with van der Waals surface area (Å²) < 4.78 is 1.82. The topological polar surface area (TPSA) is 43.1 Å². The molecular formula is C18H18N4S. The molecule has 116 valence electrons. The molecule has 0 aliphatic heterocycles. The summed E-state index contributed by atoms with van der Waals surface area (Å²) >= 11 is 1.54. The Morgan fingerprint density at radius 3 is 2.65 bits per heavy atom. The zero-order valence-electron chi connectivity index (χ0n) is 13.2. The number of nitrogens with zero attached hydrogens (tertiary/aromatic N) is 4. The quantitative estimate of drug-likeness (QED) is 0.530. The van der Waals surface area contributed by atoms with Crippen molar-refractivity contribution in [1.29, 1.82) is 0 Å². The maximum absolute atomic E-state index is 4.59. The van der Waals surface area contributed by atoms with E-state index in [1.165, 1.54) is 11.1 Å². The molecule has 1 heterocycles. The van der Waals surface area contributed by atoms with E-state index in [2.05, 4.69) is 46.5 Å². The minimum absolute atomic E-state index is 0.708. The van der Waals surface area contributed by atoms with Gasteiger partial charge in [-0.3, -0.25) is 0 Å². The predicted octanol–water partition coefficient (Wildman–Crippen LogP) is 3.78. The van der Waals surface area contributed by atoms with Crippen molar-refractivity contribution in [2.75, 3.05) is 6.26 Å². The summed E-state index contributed by atoms with van der Waals surface area (Å²) in [5, 5.41) is 13.9. The highest BCUT2D eigenvalue weighted by molar-refractivity contribution is 7.98. The number of thioether (sulfide) groups is 1. The molecule has 0 spiro atoms. The molecule has 0 radical (unpaired) electrons. The maximum Gasteiger partial charge on any atom is 0.211 e. The maximum atomic E-state index is 4.59. The minimum atomic E-state index is 0.708. The molecule has 5 heteroatoms. The molecule has 2 aromatic carbocycles. The van der Waals surface area contributed by atoms with Crippen LogP contribution in [0.25, 0.3) is 0 Å². The van der Waals surface area contributed by atoms with E-state index in [4.69, 9.17) is 0 Å². The highest BCUT2D eigenvalue weighted by atomic mass is 32.2. The third-order valence-corrected chi connectivity index (χ3v) is 4.05. The van der Waals surface area contributed by atoms with Crippen LogP contribution >= 0.6 is 11.8 Å². The van der Waals surface area contributed by atoms with Gasteiger partial charge in [-0.2, -0.15) is 9.78 Å². The second-order valence-corrected chi connectivity index (χ2v) is 6.01. The first-order chi connectivity index (χ1) is 11.3. The van der Waals surface area contributed by atoms with Crippen molar-refractivity contribution in [1.82, 2.24) is 14.9 Å². The van der Waals surface area contributed by atoms with Gasteiger partial charge in [-0.1, -0.05) is 71.9 Å². The highest BCUT2D eigenvalue weighted by Crippen LogP contribution is 2.16. The molecule has 0 fully saturated rings. The van der Waals surface area contributed by atoms with Gasteiger partial charge in [-0.15, -0.1) is 10.2 Å². The van der Waals surface area contributed by atoms with Crippen molar-refractivity contribution in [3.63, 3.8) is 0 Å². The number of hydrogen-bond acceptors (Lipinski definition) is 4. The van der Waals surface area contributed by atoms with Crippen molar-refractivity contribution in [3.05, 3.63) is 77.1 Å². The second kappa shape index (κ2) is 7.24. The molecule has 0 atom stereocenters. The molecule has 0 aliphatic carbocycles. The molecule has 0 N–H and O–H groups in total. The molecule has 0 aliphatic rings. The molecule has 0 bridgehead atoms. The van der Waals surface area contributed by atoms with Crippen LogP contribution in [0.2, 0.25) is 0 Å². The lowest BCUT2D eigenvalue weighted by Crippen LogP contribution is -2.01. The summed E-state index contributed by atoms with van der Waals surface area (Å²) in [5.74, 6) is 0.837. The summed E-state index contributed by atoms with van der Waals surface area (Å²) in [7, 11) is 0. The van der Waals surface area contributed by atoms with Crippen LogP contribution in [-0.2, 0) is 6.42 Å². The molecule has 0 amide bonds. The van der Waals surface area contributed by atoms with Gasteiger partial charge < -0.3 is 0 Å². The van der Waals surface area contributed by atoms with Crippen molar-refractivity contribution in [2.24, 2.45) is 5.10 Å². The van der Waals surface area contributed by atoms with Crippen LogP contribution < -0.4 is 0 Å². The molecular weight excluding hydrogens is 304 g/mol. The predicted molar refractivity (Wildman–Crippen MR) is 95.2 cm³/mol. The van der Waals surface area contributed by atoms with Crippen LogP contribution in [0.4, 0.5) is 0 Å². The molecule has 3 rings (SSSR count). The summed E-state index contributed by atoms with van der Waals surface area (Å²) in [4.78, 5) is 0. The summed E-state index contributed by atoms with van der Waals surface area (Å²) in [6.45, 7) is 2.07. The highest BCUT2D eigenvalue weighted by Gasteiger charge is 2.11. The van der Waals surface area contributed by atoms with Crippen molar-refractivity contribution in [3.8, 4) is 0 Å². The van der Waals surface area contributed by atoms with Crippen LogP contribution in [0.3, 0.4) is 0 Å². The Morgan fingerprint density at radius 2 is 1.91 bits per heavy atom. The van der Waals surface area contributed by atoms with Crippen LogP contribution in [-0.4, -0.2) is 27.3 Å². The number of hydrogen-bond donors (Lipinski definition) is 0. The lowest BCUT2D eigenvalue weighted by molar-refractivity contribution is 0.730. The standard InChI is InChI=1S/C18H18N4S/c1-14-7-6-10-16(11-14)13-19-22-17(20-21-18(22)23-2)12-15-8-4-3-5-9-15/h3-11,13H,12H2,1-2H3/b19-13-. The van der Waals surface area contributed by atoms with Gasteiger partial charge >= 0.3 is 0 Å². The first-order valence-electron chi connectivity index (χ1n) is 7.39. The van der Waals surface area contributed by atoms with Gasteiger partial charge in [-0.05, 0) is 24.3 Å². The third-order valence-electron chi connectivity index (χ3n) is 3.43. The van der Waals surface area contributed by atoms with Crippen molar-refractivity contribution < 1.29 is 0 Å². The molecule has 3 aromatic rings. The van der Waals surface area contributed by atoms with Gasteiger partial charge in [0.2, 0.25) is 5.16 Å². The van der Waals surface area contributed by atoms with E-state index >= 15 is 0 Å². The summed E-state index contributed by atoms with van der Waals surface area (Å²) in [5.41, 5.74) is 3.48. The zero-order chi connectivity index (χ0) is 16.1. The van der Waals surface area contributed by atoms with Crippen LogP contribution in [0, 0.1) is 6.92 Å². The molecule has 23 heavy (non-hydrogen) atoms. The van der Waals surface area contributed by atoms with E-state index in [1.807, 2.05) is 47.5 Å². The Kier molecular flexibility index (Phi) is 4.88. The summed E-state index contributed by atoms with van der Waals surface area (Å²) in [6.07, 6.45) is 4.54. The molecule has 1 aromatic heterocycles. The smallest absolute Gasteiger partial charge is 0.191 e. The second-order valence-electron chi connectivity index (χ2n) is 5.24. The van der Waals surface area contributed by atoms with E-state index in [9.17, 15) is 0 Å². The number of benzene rings is 2. The van der Waals surface area contributed by atoms with E-state index in [0.717, 1.165) is 16.5 Å². The molecule has 0 saturated heterocycles. The minimum Gasteiger partial charge on any atom is -0.191 e. The first-order valence-corrected chi connectivity index (χ1v) is 8.62. The summed E-state index contributed by atoms with van der Waals surface area (Å²) in [6, 6.07) is 18.5. The fourth-order valence-corrected chi connectivity index (χ4v) is 2.75. The Morgan fingerprint density at radius 1 is 1.09 bits per heavy atom. The Hall–Kier alpha value is -2.40. The van der Waals surface area contributed by atoms with Crippen molar-refractivity contribution in [2.45, 2.75) is 18.5 Å². The SMILES string of the molecule is CSc1nnc(Cc2ccccc2)n1/N=C\c1cccc(C)c1. The van der Waals surface area contributed by atoms with Gasteiger partial charge in [0.05, 0.1) is 6.21 Å². The molecule has 0 unspecified atom stereocenters. The monoisotopic (exact) mass is 322 g/mol. The van der Waals surface area contributed by atoms with Crippen LogP contribution in [0.15, 0.2) is 64.9 Å². The molecule has 4 nitrogen and oxygen atoms in total. The number of aromatic nitrogens is 3. The van der Waals surface area contributed by atoms with E-state index in [1.54, 1.807) is 11.8 Å². The average molecular weight is 322 g/mol. The van der Waals surface area contributed by atoms with Crippen LogP contribution in [0.5, 0.6) is 0 Å².